The number of carbonyl (C=O) groups excluding carboxylic acids is 2. The first kappa shape index (κ1) is 19.2. The Morgan fingerprint density at radius 3 is 2.52 bits per heavy atom. The summed E-state index contributed by atoms with van der Waals surface area (Å²) in [7, 11) is 2.46. The van der Waals surface area contributed by atoms with Crippen molar-refractivity contribution < 1.29 is 23.8 Å². The van der Waals surface area contributed by atoms with Crippen molar-refractivity contribution in [3.05, 3.63) is 51.9 Å². The Bertz CT molecular complexity index is 925. The maximum absolute atomic E-state index is 12.3. The van der Waals surface area contributed by atoms with Gasteiger partial charge in [-0.2, -0.15) is 5.10 Å². The van der Waals surface area contributed by atoms with Crippen molar-refractivity contribution in [1.29, 1.82) is 0 Å². The Morgan fingerprint density at radius 2 is 1.93 bits per heavy atom. The number of benzene rings is 1. The number of hydrogen-bond acceptors (Lipinski definition) is 7. The second kappa shape index (κ2) is 7.99. The van der Waals surface area contributed by atoms with Crippen molar-refractivity contribution in [1.82, 2.24) is 9.78 Å². The highest BCUT2D eigenvalue weighted by Gasteiger charge is 2.32. The van der Waals surface area contributed by atoms with Gasteiger partial charge in [0.2, 0.25) is 0 Å². The number of carbonyl (C=O) groups is 2. The van der Waals surface area contributed by atoms with Gasteiger partial charge in [0, 0.05) is 11.9 Å². The van der Waals surface area contributed by atoms with Crippen molar-refractivity contribution >= 4 is 40.8 Å². The summed E-state index contributed by atoms with van der Waals surface area (Å²) in [4.78, 5) is 25.8. The van der Waals surface area contributed by atoms with E-state index < -0.39 is 11.9 Å². The summed E-state index contributed by atoms with van der Waals surface area (Å²) in [6, 6.07) is 5.05. The molecule has 0 N–H and O–H groups in total. The van der Waals surface area contributed by atoms with Gasteiger partial charge in [-0.05, 0) is 18.2 Å². The Kier molecular flexibility index (Phi) is 5.69. The monoisotopic (exact) mass is 411 g/mol. The van der Waals surface area contributed by atoms with Gasteiger partial charge in [-0.3, -0.25) is 0 Å². The van der Waals surface area contributed by atoms with Crippen LogP contribution in [0.15, 0.2) is 41.9 Å². The number of ether oxygens (including phenoxy) is 3. The van der Waals surface area contributed by atoms with Gasteiger partial charge in [0.25, 0.3) is 0 Å². The normalized spacial score (nSPS) is 14.3. The van der Waals surface area contributed by atoms with Crippen LogP contribution in [0.1, 0.15) is 0 Å². The van der Waals surface area contributed by atoms with Crippen molar-refractivity contribution in [3.8, 4) is 5.69 Å². The molecule has 8 nitrogen and oxygen atoms in total. The van der Waals surface area contributed by atoms with Crippen LogP contribution in [-0.2, 0) is 23.8 Å². The van der Waals surface area contributed by atoms with Crippen LogP contribution in [0.4, 0.5) is 5.69 Å². The molecule has 0 saturated carbocycles. The summed E-state index contributed by atoms with van der Waals surface area (Å²) in [5.41, 5.74) is 1.24. The standard InChI is InChI=1S/C17H15Cl2N3O5/c1-25-16(23)12-8-27-9-21(15(12)17(24)26-2)11-3-4-14(13(19)5-11)22-7-10(18)6-20-22/h3-7H,8-9H2,1-2H3. The van der Waals surface area contributed by atoms with Crippen molar-refractivity contribution in [2.24, 2.45) is 0 Å². The largest absolute Gasteiger partial charge is 0.466 e. The number of aromatic nitrogens is 2. The van der Waals surface area contributed by atoms with Crippen LogP contribution in [-0.4, -0.2) is 49.3 Å². The lowest BCUT2D eigenvalue weighted by Crippen LogP contribution is -2.38. The van der Waals surface area contributed by atoms with Crippen molar-refractivity contribution in [2.75, 3.05) is 32.5 Å². The SMILES string of the molecule is COC(=O)C1=C(C(=O)OC)N(c2ccc(-n3cc(Cl)cn3)c(Cl)c2)COC1. The lowest BCUT2D eigenvalue weighted by molar-refractivity contribution is -0.140. The van der Waals surface area contributed by atoms with Gasteiger partial charge in [-0.25, -0.2) is 14.3 Å². The number of hydrogen-bond donors (Lipinski definition) is 0. The molecule has 0 amide bonds. The summed E-state index contributed by atoms with van der Waals surface area (Å²) in [5, 5.41) is 4.94. The second-order valence-electron chi connectivity index (χ2n) is 5.45. The molecule has 0 aliphatic carbocycles. The van der Waals surface area contributed by atoms with Crippen LogP contribution in [0.3, 0.4) is 0 Å². The van der Waals surface area contributed by atoms with Crippen LogP contribution >= 0.6 is 23.2 Å². The van der Waals surface area contributed by atoms with E-state index in [4.69, 9.17) is 37.4 Å². The number of methoxy groups -OCH3 is 2. The molecule has 2 heterocycles. The number of esters is 2. The van der Waals surface area contributed by atoms with E-state index in [1.165, 1.54) is 30.0 Å². The molecule has 1 aliphatic rings. The average Bonchev–Trinajstić information content (AvgIpc) is 3.12. The van der Waals surface area contributed by atoms with E-state index in [2.05, 4.69) is 5.10 Å². The Balaban J connectivity index is 2.04. The first-order valence-electron chi connectivity index (χ1n) is 7.71. The fourth-order valence-corrected chi connectivity index (χ4v) is 3.03. The number of halogens is 2. The van der Waals surface area contributed by atoms with Crippen LogP contribution < -0.4 is 4.90 Å². The van der Waals surface area contributed by atoms with Crippen LogP contribution in [0.5, 0.6) is 0 Å². The van der Waals surface area contributed by atoms with E-state index in [0.717, 1.165) is 0 Å². The molecule has 0 unspecified atom stereocenters. The minimum Gasteiger partial charge on any atom is -0.466 e. The molecule has 0 fully saturated rings. The minimum atomic E-state index is -0.683. The Hall–Kier alpha value is -2.55. The zero-order valence-corrected chi connectivity index (χ0v) is 16.0. The predicted octanol–water partition coefficient (Wildman–Crippen LogP) is 2.57. The molecule has 0 saturated heterocycles. The highest BCUT2D eigenvalue weighted by Crippen LogP contribution is 2.31. The lowest BCUT2D eigenvalue weighted by Gasteiger charge is -2.31. The van der Waals surface area contributed by atoms with Gasteiger partial charge < -0.3 is 19.1 Å². The molecule has 2 aromatic rings. The highest BCUT2D eigenvalue weighted by atomic mass is 35.5. The summed E-state index contributed by atoms with van der Waals surface area (Å²) in [6.07, 6.45) is 3.10. The molecule has 3 rings (SSSR count). The third-order valence-corrected chi connectivity index (χ3v) is 4.37. The molecule has 0 radical (unpaired) electrons. The van der Waals surface area contributed by atoms with Gasteiger partial charge in [-0.1, -0.05) is 23.2 Å². The minimum absolute atomic E-state index is 0.0359. The third-order valence-electron chi connectivity index (χ3n) is 3.87. The summed E-state index contributed by atoms with van der Waals surface area (Å²) >= 11 is 12.3. The fourth-order valence-electron chi connectivity index (χ4n) is 2.63. The van der Waals surface area contributed by atoms with Gasteiger partial charge in [0.15, 0.2) is 0 Å². The molecule has 10 heteroatoms. The number of anilines is 1. The zero-order valence-electron chi connectivity index (χ0n) is 14.4. The molecule has 27 heavy (non-hydrogen) atoms. The Morgan fingerprint density at radius 1 is 1.19 bits per heavy atom. The average molecular weight is 412 g/mol. The second-order valence-corrected chi connectivity index (χ2v) is 6.30. The van der Waals surface area contributed by atoms with Gasteiger partial charge in [0.1, 0.15) is 12.4 Å². The molecule has 0 bridgehead atoms. The molecule has 1 aromatic heterocycles. The van der Waals surface area contributed by atoms with Gasteiger partial charge in [-0.15, -0.1) is 0 Å². The molecule has 0 atom stereocenters. The maximum atomic E-state index is 12.3. The molecule has 1 aromatic carbocycles. The van der Waals surface area contributed by atoms with Crippen LogP contribution in [0.2, 0.25) is 10.0 Å². The quantitative estimate of drug-likeness (QED) is 0.714. The lowest BCUT2D eigenvalue weighted by atomic mass is 10.1. The van der Waals surface area contributed by atoms with Crippen LogP contribution in [0, 0.1) is 0 Å². The maximum Gasteiger partial charge on any atom is 0.355 e. The van der Waals surface area contributed by atoms with Crippen LogP contribution in [0.25, 0.3) is 5.69 Å². The van der Waals surface area contributed by atoms with E-state index in [1.807, 2.05) is 0 Å². The summed E-state index contributed by atoms with van der Waals surface area (Å²) < 4.78 is 16.5. The first-order chi connectivity index (χ1) is 13.0. The fraction of sp³-hybridized carbons (Fsp3) is 0.235. The third kappa shape index (κ3) is 3.78. The molecular formula is C17H15Cl2N3O5. The number of rotatable bonds is 4. The van der Waals surface area contributed by atoms with E-state index in [9.17, 15) is 9.59 Å². The van der Waals surface area contributed by atoms with E-state index >= 15 is 0 Å². The van der Waals surface area contributed by atoms with E-state index in [1.54, 1.807) is 24.4 Å². The molecular weight excluding hydrogens is 397 g/mol. The zero-order chi connectivity index (χ0) is 19.6. The van der Waals surface area contributed by atoms with E-state index in [0.29, 0.717) is 21.4 Å². The smallest absolute Gasteiger partial charge is 0.355 e. The number of nitrogens with zero attached hydrogens (tertiary/aromatic N) is 3. The predicted molar refractivity (Wildman–Crippen MR) is 97.9 cm³/mol. The van der Waals surface area contributed by atoms with Crippen molar-refractivity contribution in [3.63, 3.8) is 0 Å². The summed E-state index contributed by atoms with van der Waals surface area (Å²) in [6.45, 7) is -0.0284. The molecule has 0 spiro atoms. The van der Waals surface area contributed by atoms with Gasteiger partial charge in [0.05, 0.1) is 48.3 Å². The van der Waals surface area contributed by atoms with E-state index in [-0.39, 0.29) is 24.6 Å². The van der Waals surface area contributed by atoms with Gasteiger partial charge >= 0.3 is 11.9 Å². The molecule has 1 aliphatic heterocycles. The molecule has 142 valence electrons. The summed E-state index contributed by atoms with van der Waals surface area (Å²) in [5.74, 6) is -1.35. The highest BCUT2D eigenvalue weighted by molar-refractivity contribution is 6.33. The topological polar surface area (TPSA) is 82.9 Å². The first-order valence-corrected chi connectivity index (χ1v) is 8.47. The van der Waals surface area contributed by atoms with Crippen molar-refractivity contribution in [2.45, 2.75) is 0 Å². The Labute approximate surface area is 164 Å².